The summed E-state index contributed by atoms with van der Waals surface area (Å²) in [5, 5.41) is 15.5. The lowest BCUT2D eigenvalue weighted by molar-refractivity contribution is -0.380. The molecule has 8 heteroatoms. The third-order valence-electron chi connectivity index (χ3n) is 3.60. The van der Waals surface area contributed by atoms with Gasteiger partial charge in [-0.15, -0.1) is 0 Å². The molecule has 0 radical (unpaired) electrons. The molecule has 0 saturated heterocycles. The Morgan fingerprint density at radius 2 is 2.00 bits per heavy atom. The molecular formula is C12H15F3N2O2S. The number of nitrogens with zero attached hydrogens (tertiary/aromatic N) is 1. The molecule has 1 heterocycles. The Balaban J connectivity index is 1.77. The lowest BCUT2D eigenvalue weighted by atomic mass is 9.85. The second-order valence-corrected chi connectivity index (χ2v) is 5.91. The lowest BCUT2D eigenvalue weighted by Crippen LogP contribution is -2.36. The molecule has 1 fully saturated rings. The molecule has 1 aliphatic rings. The maximum absolute atomic E-state index is 12.5. The number of nitro groups is 1. The summed E-state index contributed by atoms with van der Waals surface area (Å²) in [7, 11) is 0. The first-order chi connectivity index (χ1) is 9.36. The number of hydrogen-bond donors (Lipinski definition) is 1. The van der Waals surface area contributed by atoms with Crippen LogP contribution < -0.4 is 5.32 Å². The average Bonchev–Trinajstić information content (AvgIpc) is 2.85. The van der Waals surface area contributed by atoms with Gasteiger partial charge in [-0.05, 0) is 31.2 Å². The molecule has 4 nitrogen and oxygen atoms in total. The Morgan fingerprint density at radius 1 is 1.35 bits per heavy atom. The number of hydrogen-bond acceptors (Lipinski definition) is 4. The van der Waals surface area contributed by atoms with E-state index in [1.54, 1.807) is 5.38 Å². The maximum Gasteiger partial charge on any atom is 0.391 e. The van der Waals surface area contributed by atoms with Gasteiger partial charge in [0.1, 0.15) is 0 Å². The minimum absolute atomic E-state index is 0.0626. The number of thiophene rings is 1. The van der Waals surface area contributed by atoms with Gasteiger partial charge in [0.05, 0.1) is 10.8 Å². The van der Waals surface area contributed by atoms with E-state index in [4.69, 9.17) is 0 Å². The Kier molecular flexibility index (Phi) is 4.64. The minimum Gasteiger partial charge on any atom is -0.310 e. The highest BCUT2D eigenvalue weighted by Crippen LogP contribution is 2.37. The van der Waals surface area contributed by atoms with E-state index in [1.165, 1.54) is 6.07 Å². The molecule has 1 N–H and O–H groups in total. The largest absolute Gasteiger partial charge is 0.391 e. The van der Waals surface area contributed by atoms with Crippen molar-refractivity contribution in [2.24, 2.45) is 5.92 Å². The van der Waals surface area contributed by atoms with Gasteiger partial charge in [0, 0.05) is 24.0 Å². The van der Waals surface area contributed by atoms with Crippen molar-refractivity contribution in [2.45, 2.75) is 44.4 Å². The predicted octanol–water partition coefficient (Wildman–Crippen LogP) is 3.87. The van der Waals surface area contributed by atoms with Crippen LogP contribution in [0.5, 0.6) is 0 Å². The molecule has 0 amide bonds. The summed E-state index contributed by atoms with van der Waals surface area (Å²) < 4.78 is 37.5. The van der Waals surface area contributed by atoms with Crippen LogP contribution in [-0.2, 0) is 6.54 Å². The van der Waals surface area contributed by atoms with E-state index in [9.17, 15) is 23.3 Å². The summed E-state index contributed by atoms with van der Waals surface area (Å²) >= 11 is 1.06. The van der Waals surface area contributed by atoms with Gasteiger partial charge in [0.2, 0.25) is 0 Å². The molecule has 112 valence electrons. The fourth-order valence-corrected chi connectivity index (χ4v) is 3.17. The van der Waals surface area contributed by atoms with Gasteiger partial charge < -0.3 is 5.32 Å². The zero-order valence-corrected chi connectivity index (χ0v) is 11.5. The van der Waals surface area contributed by atoms with E-state index < -0.39 is 17.0 Å². The van der Waals surface area contributed by atoms with Crippen molar-refractivity contribution < 1.29 is 18.1 Å². The fraction of sp³-hybridized carbons (Fsp3) is 0.667. The van der Waals surface area contributed by atoms with Crippen LogP contribution in [0, 0.1) is 16.0 Å². The number of halogens is 3. The number of rotatable bonds is 4. The number of nitrogens with one attached hydrogen (secondary N) is 1. The average molecular weight is 308 g/mol. The van der Waals surface area contributed by atoms with Crippen molar-refractivity contribution in [1.82, 2.24) is 5.32 Å². The SMILES string of the molecule is O=[N+]([O-])c1cc(CNC2CCC(C(F)(F)F)CC2)cs1. The van der Waals surface area contributed by atoms with Crippen LogP contribution in [0.15, 0.2) is 11.4 Å². The second kappa shape index (κ2) is 6.09. The van der Waals surface area contributed by atoms with Crippen molar-refractivity contribution in [3.05, 3.63) is 27.1 Å². The zero-order chi connectivity index (χ0) is 14.8. The highest BCUT2D eigenvalue weighted by Gasteiger charge is 2.41. The molecule has 0 unspecified atom stereocenters. The van der Waals surface area contributed by atoms with E-state index in [0.29, 0.717) is 19.4 Å². The van der Waals surface area contributed by atoms with E-state index in [-0.39, 0.29) is 23.9 Å². The highest BCUT2D eigenvalue weighted by molar-refractivity contribution is 7.13. The van der Waals surface area contributed by atoms with Gasteiger partial charge in [0.25, 0.3) is 0 Å². The third kappa shape index (κ3) is 3.92. The quantitative estimate of drug-likeness (QED) is 0.678. The van der Waals surface area contributed by atoms with Gasteiger partial charge in [-0.2, -0.15) is 13.2 Å². The van der Waals surface area contributed by atoms with E-state index in [2.05, 4.69) is 5.32 Å². The summed E-state index contributed by atoms with van der Waals surface area (Å²) in [5.74, 6) is -1.18. The molecule has 20 heavy (non-hydrogen) atoms. The first-order valence-electron chi connectivity index (χ1n) is 6.38. The van der Waals surface area contributed by atoms with Gasteiger partial charge >= 0.3 is 11.2 Å². The molecule has 2 rings (SSSR count). The van der Waals surface area contributed by atoms with E-state index >= 15 is 0 Å². The monoisotopic (exact) mass is 308 g/mol. The molecule has 0 aliphatic heterocycles. The van der Waals surface area contributed by atoms with Crippen molar-refractivity contribution in [3.8, 4) is 0 Å². The van der Waals surface area contributed by atoms with Crippen LogP contribution >= 0.6 is 11.3 Å². The molecule has 1 aromatic heterocycles. The topological polar surface area (TPSA) is 55.2 Å². The minimum atomic E-state index is -4.08. The van der Waals surface area contributed by atoms with Crippen LogP contribution in [0.25, 0.3) is 0 Å². The first-order valence-corrected chi connectivity index (χ1v) is 7.26. The summed E-state index contributed by atoms with van der Waals surface area (Å²) in [4.78, 5) is 10.1. The van der Waals surface area contributed by atoms with Crippen molar-refractivity contribution in [1.29, 1.82) is 0 Å². The zero-order valence-electron chi connectivity index (χ0n) is 10.7. The molecule has 0 spiro atoms. The van der Waals surface area contributed by atoms with Crippen LogP contribution in [-0.4, -0.2) is 17.1 Å². The van der Waals surface area contributed by atoms with E-state index in [0.717, 1.165) is 16.9 Å². The van der Waals surface area contributed by atoms with Gasteiger partial charge in [-0.1, -0.05) is 11.3 Å². The maximum atomic E-state index is 12.5. The van der Waals surface area contributed by atoms with Gasteiger partial charge in [-0.3, -0.25) is 10.1 Å². The van der Waals surface area contributed by atoms with Gasteiger partial charge in [-0.25, -0.2) is 0 Å². The smallest absolute Gasteiger partial charge is 0.310 e. The number of alkyl halides is 3. The van der Waals surface area contributed by atoms with E-state index in [1.807, 2.05) is 0 Å². The summed E-state index contributed by atoms with van der Waals surface area (Å²) in [6, 6.07) is 1.56. The Hall–Kier alpha value is -1.15. The highest BCUT2D eigenvalue weighted by atomic mass is 32.1. The second-order valence-electron chi connectivity index (χ2n) is 5.02. The Labute approximate surface area is 118 Å². The molecular weight excluding hydrogens is 293 g/mol. The Morgan fingerprint density at radius 3 is 2.50 bits per heavy atom. The normalized spacial score (nSPS) is 23.8. The van der Waals surface area contributed by atoms with Crippen molar-refractivity contribution >= 4 is 16.3 Å². The standard InChI is InChI=1S/C12H15F3N2O2S/c13-12(14,15)9-1-3-10(4-2-9)16-6-8-5-11(17(18)19)20-7-8/h5,7,9-10,16H,1-4,6H2. The fourth-order valence-electron chi connectivity index (χ4n) is 2.44. The van der Waals surface area contributed by atoms with Crippen molar-refractivity contribution in [3.63, 3.8) is 0 Å². The van der Waals surface area contributed by atoms with Crippen LogP contribution in [0.2, 0.25) is 0 Å². The van der Waals surface area contributed by atoms with Crippen LogP contribution in [0.4, 0.5) is 18.2 Å². The predicted molar refractivity (Wildman–Crippen MR) is 69.6 cm³/mol. The first kappa shape index (κ1) is 15.2. The molecule has 0 bridgehead atoms. The molecule has 1 saturated carbocycles. The lowest BCUT2D eigenvalue weighted by Gasteiger charge is -2.30. The summed E-state index contributed by atoms with van der Waals surface area (Å²) in [5.41, 5.74) is 0.805. The van der Waals surface area contributed by atoms with Gasteiger partial charge in [0.15, 0.2) is 0 Å². The Bertz CT molecular complexity index is 468. The summed E-state index contributed by atoms with van der Waals surface area (Å²) in [6.45, 7) is 0.464. The molecule has 1 aliphatic carbocycles. The molecule has 0 aromatic carbocycles. The van der Waals surface area contributed by atoms with Crippen LogP contribution in [0.3, 0.4) is 0 Å². The molecule has 0 atom stereocenters. The van der Waals surface area contributed by atoms with Crippen LogP contribution in [0.1, 0.15) is 31.2 Å². The third-order valence-corrected chi connectivity index (χ3v) is 4.53. The summed E-state index contributed by atoms with van der Waals surface area (Å²) in [6.07, 6.45) is -2.78. The van der Waals surface area contributed by atoms with Crippen molar-refractivity contribution in [2.75, 3.05) is 0 Å². The molecule has 1 aromatic rings.